The minimum atomic E-state index is -0.140. The van der Waals surface area contributed by atoms with Crippen LogP contribution in [0.5, 0.6) is 0 Å². The van der Waals surface area contributed by atoms with Gasteiger partial charge in [-0.1, -0.05) is 19.3 Å². The second-order valence-electron chi connectivity index (χ2n) is 8.42. The third kappa shape index (κ3) is 4.27. The molecule has 6 nitrogen and oxygen atoms in total. The van der Waals surface area contributed by atoms with Gasteiger partial charge < -0.3 is 20.3 Å². The molecule has 0 spiro atoms. The number of urea groups is 1. The quantitative estimate of drug-likeness (QED) is 0.796. The van der Waals surface area contributed by atoms with Crippen LogP contribution in [0.4, 0.5) is 4.79 Å². The highest BCUT2D eigenvalue weighted by Gasteiger charge is 2.45. The molecule has 3 atom stereocenters. The Bertz CT molecular complexity index is 502. The highest BCUT2D eigenvalue weighted by molar-refractivity contribution is 5.80. The van der Waals surface area contributed by atoms with E-state index in [4.69, 9.17) is 4.74 Å². The van der Waals surface area contributed by atoms with Crippen LogP contribution in [0.2, 0.25) is 0 Å². The Kier molecular flexibility index (Phi) is 5.15. The number of morpholine rings is 1. The first kappa shape index (κ1) is 17.1. The Morgan fingerprint density at radius 3 is 2.40 bits per heavy atom. The molecule has 2 heterocycles. The number of ether oxygens (including phenoxy) is 1. The summed E-state index contributed by atoms with van der Waals surface area (Å²) < 4.78 is 5.95. The molecule has 2 saturated carbocycles. The van der Waals surface area contributed by atoms with E-state index in [0.717, 1.165) is 19.5 Å². The van der Waals surface area contributed by atoms with Gasteiger partial charge in [0.25, 0.3) is 0 Å². The fraction of sp³-hybridized carbons (Fsp3) is 0.895. The molecule has 2 aliphatic heterocycles. The lowest BCUT2D eigenvalue weighted by Crippen LogP contribution is -2.51. The monoisotopic (exact) mass is 349 g/mol. The first-order chi connectivity index (χ1) is 12.2. The summed E-state index contributed by atoms with van der Waals surface area (Å²) in [5.74, 6) is 1.34. The SMILES string of the molecule is O=C(NCC1CC1)[C@H]1C[C@H]2CN(C(=O)NCC3CCCCC3)C[C@@H]1O2. The first-order valence-corrected chi connectivity index (χ1v) is 10.1. The summed E-state index contributed by atoms with van der Waals surface area (Å²) in [5.41, 5.74) is 0. The van der Waals surface area contributed by atoms with Gasteiger partial charge in [-0.25, -0.2) is 4.79 Å². The molecule has 0 aromatic rings. The molecule has 4 fully saturated rings. The highest BCUT2D eigenvalue weighted by atomic mass is 16.5. The summed E-state index contributed by atoms with van der Waals surface area (Å²) in [7, 11) is 0. The maximum Gasteiger partial charge on any atom is 0.317 e. The number of carbonyl (C=O) groups is 2. The molecule has 0 aromatic heterocycles. The Morgan fingerprint density at radius 2 is 1.64 bits per heavy atom. The predicted octanol–water partition coefficient (Wildman–Crippen LogP) is 1.89. The Hall–Kier alpha value is -1.30. The summed E-state index contributed by atoms with van der Waals surface area (Å²) in [6.07, 6.45) is 9.48. The standard InChI is InChI=1S/C19H31N3O3/c23-18(20-9-14-6-7-14)16-8-15-11-22(12-17(16)25-15)19(24)21-10-13-4-2-1-3-5-13/h13-17H,1-12H2,(H,20,23)(H,21,24)/t15-,16-,17-/m0/s1. The van der Waals surface area contributed by atoms with Gasteiger partial charge >= 0.3 is 6.03 Å². The average Bonchev–Trinajstić information content (AvgIpc) is 3.42. The summed E-state index contributed by atoms with van der Waals surface area (Å²) in [6, 6.07) is 0.0166. The molecule has 2 bridgehead atoms. The van der Waals surface area contributed by atoms with E-state index >= 15 is 0 Å². The zero-order valence-electron chi connectivity index (χ0n) is 15.0. The number of rotatable bonds is 5. The maximum atomic E-state index is 12.5. The lowest BCUT2D eigenvalue weighted by atomic mass is 9.89. The van der Waals surface area contributed by atoms with Crippen molar-refractivity contribution in [1.29, 1.82) is 0 Å². The van der Waals surface area contributed by atoms with Crippen LogP contribution >= 0.6 is 0 Å². The predicted molar refractivity (Wildman–Crippen MR) is 94.0 cm³/mol. The summed E-state index contributed by atoms with van der Waals surface area (Å²) >= 11 is 0. The second-order valence-corrected chi connectivity index (χ2v) is 8.42. The molecule has 0 unspecified atom stereocenters. The zero-order chi connectivity index (χ0) is 17.2. The van der Waals surface area contributed by atoms with E-state index in [2.05, 4.69) is 10.6 Å². The molecule has 4 aliphatic rings. The van der Waals surface area contributed by atoms with Crippen LogP contribution in [0, 0.1) is 17.8 Å². The minimum absolute atomic E-state index is 0.0101. The van der Waals surface area contributed by atoms with Crippen LogP contribution in [0.15, 0.2) is 0 Å². The molecule has 25 heavy (non-hydrogen) atoms. The summed E-state index contributed by atoms with van der Waals surface area (Å²) in [4.78, 5) is 26.8. The smallest absolute Gasteiger partial charge is 0.317 e. The van der Waals surface area contributed by atoms with Crippen molar-refractivity contribution in [3.63, 3.8) is 0 Å². The van der Waals surface area contributed by atoms with Gasteiger partial charge in [0, 0.05) is 26.2 Å². The van der Waals surface area contributed by atoms with Gasteiger partial charge in [-0.2, -0.15) is 0 Å². The Balaban J connectivity index is 1.24. The number of nitrogens with zero attached hydrogens (tertiary/aromatic N) is 1. The van der Waals surface area contributed by atoms with Gasteiger partial charge in [0.15, 0.2) is 0 Å². The van der Waals surface area contributed by atoms with Crippen molar-refractivity contribution in [3.8, 4) is 0 Å². The number of fused-ring (bicyclic) bond motifs is 2. The molecule has 2 N–H and O–H groups in total. The third-order valence-electron chi connectivity index (χ3n) is 6.31. The van der Waals surface area contributed by atoms with E-state index in [9.17, 15) is 9.59 Å². The van der Waals surface area contributed by atoms with E-state index in [1.165, 1.54) is 44.9 Å². The molecule has 0 aromatic carbocycles. The van der Waals surface area contributed by atoms with Crippen LogP contribution in [0.25, 0.3) is 0 Å². The number of amides is 3. The minimum Gasteiger partial charge on any atom is -0.370 e. The van der Waals surface area contributed by atoms with Crippen molar-refractivity contribution in [1.82, 2.24) is 15.5 Å². The summed E-state index contributed by atoms with van der Waals surface area (Å²) in [5, 5.41) is 6.19. The average molecular weight is 349 g/mol. The fourth-order valence-electron chi connectivity index (χ4n) is 4.53. The second kappa shape index (κ2) is 7.52. The Labute approximate surface area is 150 Å². The van der Waals surface area contributed by atoms with Crippen molar-refractivity contribution in [2.75, 3.05) is 26.2 Å². The van der Waals surface area contributed by atoms with E-state index in [-0.39, 0.29) is 30.1 Å². The van der Waals surface area contributed by atoms with Crippen LogP contribution in [-0.2, 0) is 9.53 Å². The summed E-state index contributed by atoms with van der Waals surface area (Å²) in [6.45, 7) is 2.74. The topological polar surface area (TPSA) is 70.7 Å². The van der Waals surface area contributed by atoms with Gasteiger partial charge in [-0.05, 0) is 43.9 Å². The van der Waals surface area contributed by atoms with Crippen molar-refractivity contribution in [3.05, 3.63) is 0 Å². The van der Waals surface area contributed by atoms with Gasteiger partial charge in [0.05, 0.1) is 18.1 Å². The molecule has 0 radical (unpaired) electrons. The van der Waals surface area contributed by atoms with Gasteiger partial charge in [-0.3, -0.25) is 4.79 Å². The molecular formula is C19H31N3O3. The maximum absolute atomic E-state index is 12.5. The van der Waals surface area contributed by atoms with Crippen LogP contribution < -0.4 is 10.6 Å². The molecule has 2 saturated heterocycles. The van der Waals surface area contributed by atoms with Crippen molar-refractivity contribution in [2.45, 2.75) is 63.6 Å². The number of hydrogen-bond acceptors (Lipinski definition) is 3. The van der Waals surface area contributed by atoms with E-state index in [0.29, 0.717) is 24.9 Å². The number of hydrogen-bond donors (Lipinski definition) is 2. The lowest BCUT2D eigenvalue weighted by molar-refractivity contribution is -0.127. The number of likely N-dealkylation sites (tertiary alicyclic amines) is 1. The van der Waals surface area contributed by atoms with Gasteiger partial charge in [-0.15, -0.1) is 0 Å². The normalized spacial score (nSPS) is 32.5. The van der Waals surface area contributed by atoms with Crippen molar-refractivity contribution >= 4 is 11.9 Å². The zero-order valence-corrected chi connectivity index (χ0v) is 15.0. The Morgan fingerprint density at radius 1 is 0.920 bits per heavy atom. The van der Waals surface area contributed by atoms with E-state index in [1.54, 1.807) is 0 Å². The van der Waals surface area contributed by atoms with Crippen LogP contribution in [0.3, 0.4) is 0 Å². The van der Waals surface area contributed by atoms with Gasteiger partial charge in [0.1, 0.15) is 0 Å². The number of carbonyl (C=O) groups excluding carboxylic acids is 2. The molecule has 2 aliphatic carbocycles. The fourth-order valence-corrected chi connectivity index (χ4v) is 4.53. The number of nitrogens with one attached hydrogen (secondary N) is 2. The van der Waals surface area contributed by atoms with Gasteiger partial charge in [0.2, 0.25) is 5.91 Å². The molecule has 6 heteroatoms. The molecular weight excluding hydrogens is 318 g/mol. The molecule has 3 amide bonds. The van der Waals surface area contributed by atoms with Crippen molar-refractivity contribution < 1.29 is 14.3 Å². The first-order valence-electron chi connectivity index (χ1n) is 10.1. The third-order valence-corrected chi connectivity index (χ3v) is 6.31. The van der Waals surface area contributed by atoms with Crippen LogP contribution in [-0.4, -0.2) is 55.2 Å². The van der Waals surface area contributed by atoms with Crippen molar-refractivity contribution in [2.24, 2.45) is 17.8 Å². The highest BCUT2D eigenvalue weighted by Crippen LogP contribution is 2.33. The van der Waals surface area contributed by atoms with E-state index in [1.807, 2.05) is 4.90 Å². The molecule has 140 valence electrons. The molecule has 4 rings (SSSR count). The lowest BCUT2D eigenvalue weighted by Gasteiger charge is -2.33. The largest absolute Gasteiger partial charge is 0.370 e. The van der Waals surface area contributed by atoms with E-state index < -0.39 is 0 Å². The van der Waals surface area contributed by atoms with Crippen LogP contribution in [0.1, 0.15) is 51.4 Å².